The third-order valence-corrected chi connectivity index (χ3v) is 6.24. The van der Waals surface area contributed by atoms with E-state index in [4.69, 9.17) is 10.5 Å². The fourth-order valence-electron chi connectivity index (χ4n) is 3.88. The zero-order valence-corrected chi connectivity index (χ0v) is 17.7. The van der Waals surface area contributed by atoms with E-state index in [0.29, 0.717) is 16.9 Å². The van der Waals surface area contributed by atoms with Crippen LogP contribution in [0.5, 0.6) is 11.5 Å². The molecule has 5 nitrogen and oxygen atoms in total. The number of anilines is 1. The van der Waals surface area contributed by atoms with Crippen LogP contribution in [-0.4, -0.2) is 41.2 Å². The van der Waals surface area contributed by atoms with Gasteiger partial charge in [0.1, 0.15) is 0 Å². The van der Waals surface area contributed by atoms with Gasteiger partial charge in [0.2, 0.25) is 0 Å². The maximum atomic E-state index is 9.68. The lowest BCUT2D eigenvalue weighted by Gasteiger charge is -2.33. The van der Waals surface area contributed by atoms with Crippen molar-refractivity contribution in [3.05, 3.63) is 40.4 Å². The van der Waals surface area contributed by atoms with E-state index in [0.717, 1.165) is 44.3 Å². The largest absolute Gasteiger partial charge is 0.504 e. The predicted octanol–water partition coefficient (Wildman–Crippen LogP) is 4.50. The average Bonchev–Trinajstić information content (AvgIpc) is 3.07. The Morgan fingerprint density at radius 2 is 2.25 bits per heavy atom. The number of nitrogen functional groups attached to an aromatic ring is 1. The molecule has 0 radical (unpaired) electrons. The van der Waals surface area contributed by atoms with Crippen LogP contribution in [0, 0.1) is 0 Å². The van der Waals surface area contributed by atoms with Crippen molar-refractivity contribution in [2.75, 3.05) is 25.9 Å². The number of methoxy groups -OCH3 is 1. The van der Waals surface area contributed by atoms with E-state index < -0.39 is 0 Å². The van der Waals surface area contributed by atoms with Gasteiger partial charge in [-0.25, -0.2) is 4.98 Å². The molecule has 1 aliphatic rings. The maximum absolute atomic E-state index is 9.68. The summed E-state index contributed by atoms with van der Waals surface area (Å²) in [5, 5.41) is 10.4. The molecule has 0 aliphatic heterocycles. The van der Waals surface area contributed by atoms with Gasteiger partial charge in [0.05, 0.1) is 12.8 Å². The number of aryl methyl sites for hydroxylation is 1. The third kappa shape index (κ3) is 5.26. The van der Waals surface area contributed by atoms with Gasteiger partial charge in [0.25, 0.3) is 0 Å². The summed E-state index contributed by atoms with van der Waals surface area (Å²) >= 11 is 1.66. The van der Waals surface area contributed by atoms with Crippen molar-refractivity contribution >= 4 is 22.5 Å². The molecule has 1 heterocycles. The van der Waals surface area contributed by atoms with Crippen LogP contribution in [0.1, 0.15) is 48.7 Å². The molecule has 0 bridgehead atoms. The van der Waals surface area contributed by atoms with Gasteiger partial charge in [0, 0.05) is 10.9 Å². The number of benzene rings is 1. The van der Waals surface area contributed by atoms with Gasteiger partial charge in [-0.2, -0.15) is 0 Å². The SMILES string of the molecule is CCCN(CCC/C=C/c1ccc(O)c(OC)c1)C1CCc2nc(N)sc2C1. The number of aromatic hydroxyl groups is 1. The number of ether oxygens (including phenoxy) is 1. The second-order valence-electron chi connectivity index (χ2n) is 7.33. The summed E-state index contributed by atoms with van der Waals surface area (Å²) in [6.45, 7) is 4.52. The number of rotatable bonds is 9. The van der Waals surface area contributed by atoms with Crippen LogP contribution in [-0.2, 0) is 12.8 Å². The summed E-state index contributed by atoms with van der Waals surface area (Å²) in [6, 6.07) is 6.04. The highest BCUT2D eigenvalue weighted by Crippen LogP contribution is 2.30. The minimum Gasteiger partial charge on any atom is -0.504 e. The summed E-state index contributed by atoms with van der Waals surface area (Å²) < 4.78 is 5.16. The molecule has 6 heteroatoms. The minimum absolute atomic E-state index is 0.174. The molecule has 3 rings (SSSR count). The number of fused-ring (bicyclic) bond motifs is 1. The van der Waals surface area contributed by atoms with Crippen LogP contribution in [0.15, 0.2) is 24.3 Å². The first-order valence-corrected chi connectivity index (χ1v) is 10.9. The lowest BCUT2D eigenvalue weighted by atomic mass is 9.96. The Morgan fingerprint density at radius 3 is 3.04 bits per heavy atom. The van der Waals surface area contributed by atoms with Crippen LogP contribution in [0.25, 0.3) is 6.08 Å². The Kier molecular flexibility index (Phi) is 7.34. The molecule has 1 atom stereocenters. The second kappa shape index (κ2) is 9.94. The number of hydrogen-bond donors (Lipinski definition) is 2. The first-order chi connectivity index (χ1) is 13.6. The Morgan fingerprint density at radius 1 is 1.39 bits per heavy atom. The molecule has 1 unspecified atom stereocenters. The molecule has 2 aromatic rings. The predicted molar refractivity (Wildman–Crippen MR) is 117 cm³/mol. The maximum Gasteiger partial charge on any atom is 0.180 e. The highest BCUT2D eigenvalue weighted by molar-refractivity contribution is 7.15. The van der Waals surface area contributed by atoms with Crippen molar-refractivity contribution in [1.29, 1.82) is 0 Å². The summed E-state index contributed by atoms with van der Waals surface area (Å²) in [5.41, 5.74) is 8.16. The molecule has 1 aromatic heterocycles. The highest BCUT2D eigenvalue weighted by atomic mass is 32.1. The van der Waals surface area contributed by atoms with Crippen molar-refractivity contribution in [3.8, 4) is 11.5 Å². The Labute approximate surface area is 171 Å². The Balaban J connectivity index is 1.50. The van der Waals surface area contributed by atoms with E-state index >= 15 is 0 Å². The molecule has 1 aliphatic carbocycles. The van der Waals surface area contributed by atoms with Gasteiger partial charge >= 0.3 is 0 Å². The molecule has 152 valence electrons. The van der Waals surface area contributed by atoms with Crippen molar-refractivity contribution in [2.45, 2.75) is 51.5 Å². The molecular weight excluding hydrogens is 370 g/mol. The fourth-order valence-corrected chi connectivity index (χ4v) is 4.83. The van der Waals surface area contributed by atoms with E-state index in [2.05, 4.69) is 29.0 Å². The monoisotopic (exact) mass is 401 g/mol. The number of aromatic nitrogens is 1. The molecular formula is C22H31N3O2S. The van der Waals surface area contributed by atoms with Gasteiger partial charge in [-0.1, -0.05) is 25.1 Å². The smallest absolute Gasteiger partial charge is 0.180 e. The number of phenolic OH excluding ortho intramolecular Hbond substituents is 1. The van der Waals surface area contributed by atoms with Crippen molar-refractivity contribution in [3.63, 3.8) is 0 Å². The number of nitrogens with zero attached hydrogens (tertiary/aromatic N) is 2. The molecule has 0 spiro atoms. The minimum atomic E-state index is 0.174. The number of thiazole rings is 1. The Hall–Kier alpha value is -2.05. The van der Waals surface area contributed by atoms with Crippen molar-refractivity contribution in [1.82, 2.24) is 9.88 Å². The molecule has 0 fully saturated rings. The lowest BCUT2D eigenvalue weighted by Crippen LogP contribution is -2.40. The van der Waals surface area contributed by atoms with E-state index in [-0.39, 0.29) is 5.75 Å². The molecule has 28 heavy (non-hydrogen) atoms. The summed E-state index contributed by atoms with van der Waals surface area (Å²) in [5.74, 6) is 0.685. The van der Waals surface area contributed by atoms with E-state index in [1.807, 2.05) is 12.1 Å². The van der Waals surface area contributed by atoms with Crippen molar-refractivity contribution < 1.29 is 9.84 Å². The summed E-state index contributed by atoms with van der Waals surface area (Å²) in [7, 11) is 1.57. The van der Waals surface area contributed by atoms with Crippen LogP contribution in [0.4, 0.5) is 5.13 Å². The third-order valence-electron chi connectivity index (χ3n) is 5.29. The van der Waals surface area contributed by atoms with E-state index in [9.17, 15) is 5.11 Å². The highest BCUT2D eigenvalue weighted by Gasteiger charge is 2.26. The topological polar surface area (TPSA) is 71.6 Å². The summed E-state index contributed by atoms with van der Waals surface area (Å²) in [6.07, 6.45) is 11.0. The lowest BCUT2D eigenvalue weighted by molar-refractivity contribution is 0.178. The molecule has 1 aromatic carbocycles. The zero-order valence-electron chi connectivity index (χ0n) is 16.9. The quantitative estimate of drug-likeness (QED) is 0.605. The van der Waals surface area contributed by atoms with Gasteiger partial charge in [-0.05, 0) is 69.3 Å². The number of unbranched alkanes of at least 4 members (excludes halogenated alkanes) is 1. The van der Waals surface area contributed by atoms with Crippen LogP contribution in [0.3, 0.4) is 0 Å². The molecule has 3 N–H and O–H groups in total. The zero-order chi connectivity index (χ0) is 19.9. The standard InChI is InChI=1S/C22H31N3O2S/c1-3-12-25(17-9-10-18-21(15-17)28-22(23)24-18)13-6-4-5-7-16-8-11-19(26)20(14-16)27-2/h5,7-8,11,14,17,26H,3-4,6,9-10,12-13,15H2,1-2H3,(H2,23,24)/b7-5+. The number of phenols is 1. The molecule has 0 saturated heterocycles. The van der Waals surface area contributed by atoms with Crippen molar-refractivity contribution in [2.24, 2.45) is 0 Å². The number of nitrogens with two attached hydrogens (primary N) is 1. The normalized spacial score (nSPS) is 16.6. The first-order valence-electron chi connectivity index (χ1n) is 10.1. The Bertz CT molecular complexity index is 803. The van der Waals surface area contributed by atoms with Crippen LogP contribution < -0.4 is 10.5 Å². The molecule has 0 amide bonds. The van der Waals surface area contributed by atoms with Crippen LogP contribution in [0.2, 0.25) is 0 Å². The van der Waals surface area contributed by atoms with Crippen LogP contribution >= 0.6 is 11.3 Å². The van der Waals surface area contributed by atoms with Gasteiger partial charge in [-0.3, -0.25) is 0 Å². The number of allylic oxidation sites excluding steroid dienone is 1. The average molecular weight is 402 g/mol. The second-order valence-corrected chi connectivity index (χ2v) is 8.45. The van der Waals surface area contributed by atoms with E-state index in [1.54, 1.807) is 24.5 Å². The summed E-state index contributed by atoms with van der Waals surface area (Å²) in [4.78, 5) is 8.50. The van der Waals surface area contributed by atoms with E-state index in [1.165, 1.54) is 23.4 Å². The molecule has 0 saturated carbocycles. The van der Waals surface area contributed by atoms with Gasteiger partial charge in [-0.15, -0.1) is 11.3 Å². The first kappa shape index (κ1) is 20.7. The number of hydrogen-bond acceptors (Lipinski definition) is 6. The van der Waals surface area contributed by atoms with Gasteiger partial charge < -0.3 is 20.5 Å². The fraction of sp³-hybridized carbons (Fsp3) is 0.500. The van der Waals surface area contributed by atoms with Gasteiger partial charge in [0.15, 0.2) is 16.6 Å².